The number of rotatable bonds is 6. The van der Waals surface area contributed by atoms with Crippen molar-refractivity contribution in [1.82, 2.24) is 5.32 Å². The molecule has 2 unspecified atom stereocenters. The van der Waals surface area contributed by atoms with Gasteiger partial charge in [-0.1, -0.05) is 23.2 Å². The van der Waals surface area contributed by atoms with Crippen LogP contribution in [0.5, 0.6) is 5.75 Å². The van der Waals surface area contributed by atoms with Crippen molar-refractivity contribution in [2.45, 2.75) is 18.6 Å². The van der Waals surface area contributed by atoms with Crippen LogP contribution >= 0.6 is 23.2 Å². The topological polar surface area (TPSA) is 39.7 Å². The zero-order valence-corrected chi connectivity index (χ0v) is 13.1. The molecule has 1 aromatic rings. The Morgan fingerprint density at radius 3 is 2.90 bits per heavy atom. The summed E-state index contributed by atoms with van der Waals surface area (Å²) < 4.78 is 16.1. The van der Waals surface area contributed by atoms with Crippen LogP contribution in [0.25, 0.3) is 0 Å². The molecule has 2 rings (SSSR count). The molecule has 0 saturated carbocycles. The second-order valence-electron chi connectivity index (χ2n) is 4.72. The van der Waals surface area contributed by atoms with E-state index in [0.717, 1.165) is 17.7 Å². The summed E-state index contributed by atoms with van der Waals surface area (Å²) in [5.74, 6) is 0.723. The Kier molecular flexibility index (Phi) is 5.93. The van der Waals surface area contributed by atoms with Crippen molar-refractivity contribution in [3.05, 3.63) is 27.7 Å². The maximum atomic E-state index is 6.17. The van der Waals surface area contributed by atoms with Crippen LogP contribution in [0.2, 0.25) is 10.0 Å². The minimum atomic E-state index is 0.0148. The van der Waals surface area contributed by atoms with E-state index in [1.807, 2.05) is 6.07 Å². The predicted octanol–water partition coefficient (Wildman–Crippen LogP) is 3.07. The van der Waals surface area contributed by atoms with Crippen molar-refractivity contribution in [3.63, 3.8) is 0 Å². The lowest BCUT2D eigenvalue weighted by Crippen LogP contribution is -2.36. The molecule has 1 aliphatic rings. The van der Waals surface area contributed by atoms with Crippen LogP contribution in [-0.4, -0.2) is 40.1 Å². The molecule has 0 amide bonds. The van der Waals surface area contributed by atoms with Gasteiger partial charge in [-0.15, -0.1) is 0 Å². The second kappa shape index (κ2) is 7.48. The molecule has 2 atom stereocenters. The van der Waals surface area contributed by atoms with Crippen LogP contribution in [0.3, 0.4) is 0 Å². The van der Waals surface area contributed by atoms with E-state index < -0.39 is 0 Å². The maximum Gasteiger partial charge on any atom is 0.142 e. The first-order valence-electron chi connectivity index (χ1n) is 6.52. The van der Waals surface area contributed by atoms with E-state index >= 15 is 0 Å². The van der Waals surface area contributed by atoms with E-state index in [-0.39, 0.29) is 12.1 Å². The molecule has 112 valence electrons. The molecular formula is C14H19Cl2NO3. The highest BCUT2D eigenvalue weighted by molar-refractivity contribution is 6.35. The number of nitrogens with one attached hydrogen (secondary N) is 1. The molecule has 0 aromatic heterocycles. The van der Waals surface area contributed by atoms with E-state index in [1.54, 1.807) is 20.3 Å². The fourth-order valence-corrected chi connectivity index (χ4v) is 2.87. The smallest absolute Gasteiger partial charge is 0.142 e. The van der Waals surface area contributed by atoms with E-state index in [2.05, 4.69) is 5.32 Å². The van der Waals surface area contributed by atoms with Gasteiger partial charge in [0.25, 0.3) is 0 Å². The number of fused-ring (bicyclic) bond motifs is 1. The van der Waals surface area contributed by atoms with Gasteiger partial charge in [0.2, 0.25) is 0 Å². The summed E-state index contributed by atoms with van der Waals surface area (Å²) >= 11 is 12.2. The molecule has 0 aliphatic carbocycles. The maximum absolute atomic E-state index is 6.17. The Morgan fingerprint density at radius 2 is 2.20 bits per heavy atom. The molecule has 0 fully saturated rings. The standard InChI is InChI=1S/C14H19Cl2NO3/c1-18-8-10(19-2)7-17-13-3-4-20-14-11(13)5-9(15)6-12(14)16/h5-6,10,13,17H,3-4,7-8H2,1-2H3. The number of methoxy groups -OCH3 is 2. The largest absolute Gasteiger partial charge is 0.492 e. The summed E-state index contributed by atoms with van der Waals surface area (Å²) in [4.78, 5) is 0. The van der Waals surface area contributed by atoms with Gasteiger partial charge in [0, 0.05) is 43.8 Å². The summed E-state index contributed by atoms with van der Waals surface area (Å²) in [6, 6.07) is 3.76. The van der Waals surface area contributed by atoms with Crippen LogP contribution in [0.1, 0.15) is 18.0 Å². The van der Waals surface area contributed by atoms with Crippen molar-refractivity contribution in [2.75, 3.05) is 34.0 Å². The van der Waals surface area contributed by atoms with Crippen LogP contribution in [-0.2, 0) is 9.47 Å². The lowest BCUT2D eigenvalue weighted by atomic mass is 10.0. The van der Waals surface area contributed by atoms with Gasteiger partial charge < -0.3 is 19.5 Å². The molecule has 0 saturated heterocycles. The number of hydrogen-bond acceptors (Lipinski definition) is 4. The molecule has 0 radical (unpaired) electrons. The molecule has 4 nitrogen and oxygen atoms in total. The fraction of sp³-hybridized carbons (Fsp3) is 0.571. The van der Waals surface area contributed by atoms with Gasteiger partial charge in [-0.2, -0.15) is 0 Å². The molecule has 6 heteroatoms. The Hall–Kier alpha value is -0.520. The summed E-state index contributed by atoms with van der Waals surface area (Å²) in [5.41, 5.74) is 1.00. The van der Waals surface area contributed by atoms with Crippen molar-refractivity contribution in [1.29, 1.82) is 0 Å². The van der Waals surface area contributed by atoms with Crippen molar-refractivity contribution in [3.8, 4) is 5.75 Å². The van der Waals surface area contributed by atoms with Gasteiger partial charge in [-0.3, -0.25) is 0 Å². The third-order valence-corrected chi connectivity index (χ3v) is 3.84. The minimum Gasteiger partial charge on any atom is -0.492 e. The highest BCUT2D eigenvalue weighted by atomic mass is 35.5. The Bertz CT molecular complexity index is 456. The number of ether oxygens (including phenoxy) is 3. The van der Waals surface area contributed by atoms with Gasteiger partial charge in [-0.25, -0.2) is 0 Å². The van der Waals surface area contributed by atoms with E-state index in [0.29, 0.717) is 29.8 Å². The Labute approximate surface area is 129 Å². The molecule has 1 aliphatic heterocycles. The van der Waals surface area contributed by atoms with Crippen molar-refractivity contribution < 1.29 is 14.2 Å². The van der Waals surface area contributed by atoms with Crippen LogP contribution in [0, 0.1) is 0 Å². The summed E-state index contributed by atoms with van der Waals surface area (Å²) in [6.07, 6.45) is 0.883. The third kappa shape index (κ3) is 3.77. The average Bonchev–Trinajstić information content (AvgIpc) is 2.43. The van der Waals surface area contributed by atoms with Gasteiger partial charge in [0.05, 0.1) is 24.3 Å². The van der Waals surface area contributed by atoms with E-state index in [9.17, 15) is 0 Å². The molecule has 1 N–H and O–H groups in total. The zero-order valence-electron chi connectivity index (χ0n) is 11.6. The first-order chi connectivity index (χ1) is 9.65. The molecule has 1 aromatic carbocycles. The molecule has 20 heavy (non-hydrogen) atoms. The molecule has 0 bridgehead atoms. The predicted molar refractivity (Wildman–Crippen MR) is 80.0 cm³/mol. The van der Waals surface area contributed by atoms with Crippen LogP contribution in [0.15, 0.2) is 12.1 Å². The number of hydrogen-bond donors (Lipinski definition) is 1. The summed E-state index contributed by atoms with van der Waals surface area (Å²) in [5, 5.41) is 4.64. The number of benzene rings is 1. The SMILES string of the molecule is COCC(CNC1CCOc2c(Cl)cc(Cl)cc21)OC. The first kappa shape index (κ1) is 15.9. The molecular weight excluding hydrogens is 301 g/mol. The molecule has 0 spiro atoms. The highest BCUT2D eigenvalue weighted by Gasteiger charge is 2.24. The first-order valence-corrected chi connectivity index (χ1v) is 7.28. The third-order valence-electron chi connectivity index (χ3n) is 3.34. The fourth-order valence-electron chi connectivity index (χ4n) is 2.31. The summed E-state index contributed by atoms with van der Waals surface area (Å²) in [7, 11) is 3.34. The Balaban J connectivity index is 2.08. The highest BCUT2D eigenvalue weighted by Crippen LogP contribution is 2.39. The van der Waals surface area contributed by atoms with Crippen LogP contribution in [0.4, 0.5) is 0 Å². The van der Waals surface area contributed by atoms with E-state index in [4.69, 9.17) is 37.4 Å². The quantitative estimate of drug-likeness (QED) is 0.874. The lowest BCUT2D eigenvalue weighted by molar-refractivity contribution is 0.0265. The zero-order chi connectivity index (χ0) is 14.5. The van der Waals surface area contributed by atoms with Gasteiger partial charge in [-0.05, 0) is 12.1 Å². The van der Waals surface area contributed by atoms with Crippen LogP contribution < -0.4 is 10.1 Å². The average molecular weight is 320 g/mol. The van der Waals surface area contributed by atoms with Gasteiger partial charge in [0.1, 0.15) is 5.75 Å². The number of halogens is 2. The normalized spacial score (nSPS) is 19.3. The van der Waals surface area contributed by atoms with Crippen molar-refractivity contribution >= 4 is 23.2 Å². The second-order valence-corrected chi connectivity index (χ2v) is 5.56. The van der Waals surface area contributed by atoms with Crippen molar-refractivity contribution in [2.24, 2.45) is 0 Å². The van der Waals surface area contributed by atoms with Gasteiger partial charge >= 0.3 is 0 Å². The monoisotopic (exact) mass is 319 g/mol. The summed E-state index contributed by atoms with van der Waals surface area (Å²) in [6.45, 7) is 1.88. The van der Waals surface area contributed by atoms with E-state index in [1.165, 1.54) is 0 Å². The Morgan fingerprint density at radius 1 is 1.40 bits per heavy atom. The minimum absolute atomic E-state index is 0.0148. The van der Waals surface area contributed by atoms with Gasteiger partial charge in [0.15, 0.2) is 0 Å². The lowest BCUT2D eigenvalue weighted by Gasteiger charge is -2.29. The molecule has 1 heterocycles.